The van der Waals surface area contributed by atoms with Gasteiger partial charge in [-0.15, -0.1) is 0 Å². The second kappa shape index (κ2) is 11.1. The normalized spacial score (nSPS) is 11.0. The van der Waals surface area contributed by atoms with Crippen LogP contribution in [0.15, 0.2) is 90.0 Å². The van der Waals surface area contributed by atoms with E-state index in [1.54, 1.807) is 42.6 Å². The van der Waals surface area contributed by atoms with Crippen molar-refractivity contribution in [3.63, 3.8) is 0 Å². The minimum atomic E-state index is -0.327. The van der Waals surface area contributed by atoms with E-state index in [1.165, 1.54) is 12.1 Å². The highest BCUT2D eigenvalue weighted by molar-refractivity contribution is 6.03. The molecule has 34 heavy (non-hydrogen) atoms. The van der Waals surface area contributed by atoms with E-state index in [0.717, 1.165) is 34.1 Å². The first-order chi connectivity index (χ1) is 16.6. The van der Waals surface area contributed by atoms with E-state index in [1.807, 2.05) is 43.3 Å². The Morgan fingerprint density at radius 3 is 2.47 bits per heavy atom. The Hall–Kier alpha value is -4.19. The second-order valence-corrected chi connectivity index (χ2v) is 7.69. The van der Waals surface area contributed by atoms with Crippen LogP contribution >= 0.6 is 0 Å². The van der Waals surface area contributed by atoms with Crippen LogP contribution in [-0.4, -0.2) is 18.7 Å². The molecule has 0 saturated carbocycles. The predicted molar refractivity (Wildman–Crippen MR) is 132 cm³/mol. The molecule has 4 aromatic rings. The van der Waals surface area contributed by atoms with Gasteiger partial charge in [-0.3, -0.25) is 4.79 Å². The van der Waals surface area contributed by atoms with Crippen molar-refractivity contribution >= 4 is 22.9 Å². The third kappa shape index (κ3) is 5.78. The average Bonchev–Trinajstić information content (AvgIpc) is 2.88. The SMILES string of the molecule is CCCOc1ccc(C(=O)N/N=C/c2c(OCc3ccc(F)cc3)ccc3ccccc23)cc1. The van der Waals surface area contributed by atoms with E-state index in [4.69, 9.17) is 9.47 Å². The minimum Gasteiger partial charge on any atom is -0.494 e. The highest BCUT2D eigenvalue weighted by Crippen LogP contribution is 2.27. The smallest absolute Gasteiger partial charge is 0.271 e. The molecule has 1 N–H and O–H groups in total. The summed E-state index contributed by atoms with van der Waals surface area (Å²) >= 11 is 0. The summed E-state index contributed by atoms with van der Waals surface area (Å²) in [7, 11) is 0. The molecule has 0 saturated heterocycles. The third-order valence-corrected chi connectivity index (χ3v) is 5.19. The van der Waals surface area contributed by atoms with Crippen molar-refractivity contribution in [2.24, 2.45) is 5.10 Å². The molecule has 0 aromatic heterocycles. The van der Waals surface area contributed by atoms with Crippen molar-refractivity contribution in [3.8, 4) is 11.5 Å². The van der Waals surface area contributed by atoms with Crippen molar-refractivity contribution in [1.29, 1.82) is 0 Å². The molecule has 4 aromatic carbocycles. The minimum absolute atomic E-state index is 0.276. The van der Waals surface area contributed by atoms with E-state index in [2.05, 4.69) is 10.5 Å². The molecule has 0 fully saturated rings. The molecular weight excluding hydrogens is 431 g/mol. The van der Waals surface area contributed by atoms with Gasteiger partial charge in [0.2, 0.25) is 0 Å². The van der Waals surface area contributed by atoms with Crippen LogP contribution in [0.25, 0.3) is 10.8 Å². The van der Waals surface area contributed by atoms with Gasteiger partial charge < -0.3 is 9.47 Å². The van der Waals surface area contributed by atoms with Gasteiger partial charge in [0, 0.05) is 11.1 Å². The Bertz CT molecular complexity index is 1290. The predicted octanol–water partition coefficient (Wildman–Crippen LogP) is 6.11. The Morgan fingerprint density at radius 2 is 1.71 bits per heavy atom. The zero-order chi connectivity index (χ0) is 23.8. The summed E-state index contributed by atoms with van der Waals surface area (Å²) in [5.74, 6) is 0.715. The van der Waals surface area contributed by atoms with Crippen LogP contribution in [0.5, 0.6) is 11.5 Å². The van der Waals surface area contributed by atoms with Crippen LogP contribution in [0.4, 0.5) is 4.39 Å². The molecule has 0 aliphatic heterocycles. The number of hydrazone groups is 1. The van der Waals surface area contributed by atoms with Crippen molar-refractivity contribution in [1.82, 2.24) is 5.43 Å². The molecule has 0 unspecified atom stereocenters. The molecule has 4 rings (SSSR count). The molecule has 1 amide bonds. The summed E-state index contributed by atoms with van der Waals surface area (Å²) in [4.78, 5) is 12.5. The zero-order valence-corrected chi connectivity index (χ0v) is 18.8. The molecule has 0 heterocycles. The number of ether oxygens (including phenoxy) is 2. The van der Waals surface area contributed by atoms with Gasteiger partial charge in [-0.05, 0) is 65.2 Å². The van der Waals surface area contributed by atoms with Gasteiger partial charge in [-0.25, -0.2) is 9.82 Å². The summed E-state index contributed by atoms with van der Waals surface area (Å²) in [5.41, 5.74) is 4.64. The van der Waals surface area contributed by atoms with Crippen molar-refractivity contribution in [2.45, 2.75) is 20.0 Å². The maximum atomic E-state index is 13.2. The molecule has 0 aliphatic rings. The van der Waals surface area contributed by atoms with E-state index in [9.17, 15) is 9.18 Å². The van der Waals surface area contributed by atoms with Gasteiger partial charge in [-0.2, -0.15) is 5.10 Å². The Morgan fingerprint density at radius 1 is 0.941 bits per heavy atom. The van der Waals surface area contributed by atoms with Crippen LogP contribution in [0.3, 0.4) is 0 Å². The summed E-state index contributed by atoms with van der Waals surface area (Å²) in [6.45, 7) is 2.94. The highest BCUT2D eigenvalue weighted by Gasteiger charge is 2.09. The molecule has 0 spiro atoms. The van der Waals surface area contributed by atoms with Gasteiger partial charge in [0.1, 0.15) is 23.9 Å². The summed E-state index contributed by atoms with van der Waals surface area (Å²) in [6, 6.07) is 24.8. The van der Waals surface area contributed by atoms with Gasteiger partial charge in [0.25, 0.3) is 5.91 Å². The molecular formula is C28H25FN2O3. The lowest BCUT2D eigenvalue weighted by atomic mass is 10.0. The summed E-state index contributed by atoms with van der Waals surface area (Å²) in [5, 5.41) is 6.14. The fourth-order valence-corrected chi connectivity index (χ4v) is 3.42. The first-order valence-corrected chi connectivity index (χ1v) is 11.1. The van der Waals surface area contributed by atoms with Crippen molar-refractivity contribution < 1.29 is 18.7 Å². The van der Waals surface area contributed by atoms with Crippen LogP contribution in [0, 0.1) is 5.82 Å². The standard InChI is InChI=1S/C28H25FN2O3/c1-2-17-33-24-14-9-22(10-15-24)28(32)31-30-18-26-25-6-4-3-5-21(25)11-16-27(26)34-19-20-7-12-23(29)13-8-20/h3-16,18H,2,17,19H2,1H3,(H,31,32)/b30-18+. The molecule has 6 heteroatoms. The third-order valence-electron chi connectivity index (χ3n) is 5.19. The molecule has 0 radical (unpaired) electrons. The first-order valence-electron chi connectivity index (χ1n) is 11.1. The lowest BCUT2D eigenvalue weighted by Crippen LogP contribution is -2.17. The quantitative estimate of drug-likeness (QED) is 0.244. The topological polar surface area (TPSA) is 59.9 Å². The molecule has 0 aliphatic carbocycles. The van der Waals surface area contributed by atoms with Crippen LogP contribution in [0.2, 0.25) is 0 Å². The Labute approximate surface area is 197 Å². The number of carbonyl (C=O) groups is 1. The molecule has 172 valence electrons. The van der Waals surface area contributed by atoms with Crippen molar-refractivity contribution in [3.05, 3.63) is 107 Å². The lowest BCUT2D eigenvalue weighted by molar-refractivity contribution is 0.0955. The number of nitrogens with zero attached hydrogens (tertiary/aromatic N) is 1. The zero-order valence-electron chi connectivity index (χ0n) is 18.8. The number of rotatable bonds is 9. The summed E-state index contributed by atoms with van der Waals surface area (Å²) in [6.07, 6.45) is 2.50. The number of benzene rings is 4. The Balaban J connectivity index is 1.50. The van der Waals surface area contributed by atoms with E-state index in [-0.39, 0.29) is 18.3 Å². The number of amides is 1. The fraction of sp³-hybridized carbons (Fsp3) is 0.143. The number of halogens is 1. The van der Waals surface area contributed by atoms with E-state index in [0.29, 0.717) is 17.9 Å². The summed E-state index contributed by atoms with van der Waals surface area (Å²) < 4.78 is 24.8. The number of hydrogen-bond donors (Lipinski definition) is 1. The van der Waals surface area contributed by atoms with Crippen LogP contribution in [0.1, 0.15) is 34.8 Å². The number of fused-ring (bicyclic) bond motifs is 1. The molecule has 0 atom stereocenters. The van der Waals surface area contributed by atoms with Crippen LogP contribution in [-0.2, 0) is 6.61 Å². The van der Waals surface area contributed by atoms with Gasteiger partial charge in [-0.1, -0.05) is 49.4 Å². The maximum absolute atomic E-state index is 13.2. The molecule has 0 bridgehead atoms. The second-order valence-electron chi connectivity index (χ2n) is 7.69. The lowest BCUT2D eigenvalue weighted by Gasteiger charge is -2.12. The first kappa shape index (κ1) is 23.0. The van der Waals surface area contributed by atoms with E-state index >= 15 is 0 Å². The maximum Gasteiger partial charge on any atom is 0.271 e. The molecule has 5 nitrogen and oxygen atoms in total. The van der Waals surface area contributed by atoms with Gasteiger partial charge in [0.15, 0.2) is 0 Å². The number of carbonyl (C=O) groups excluding carboxylic acids is 1. The monoisotopic (exact) mass is 456 g/mol. The number of nitrogens with one attached hydrogen (secondary N) is 1. The van der Waals surface area contributed by atoms with Gasteiger partial charge in [0.05, 0.1) is 12.8 Å². The van der Waals surface area contributed by atoms with Crippen molar-refractivity contribution in [2.75, 3.05) is 6.61 Å². The average molecular weight is 457 g/mol. The van der Waals surface area contributed by atoms with E-state index < -0.39 is 0 Å². The Kier molecular flexibility index (Phi) is 7.50. The van der Waals surface area contributed by atoms with Crippen LogP contribution < -0.4 is 14.9 Å². The fourth-order valence-electron chi connectivity index (χ4n) is 3.42. The highest BCUT2D eigenvalue weighted by atomic mass is 19.1. The number of hydrogen-bond acceptors (Lipinski definition) is 4. The largest absolute Gasteiger partial charge is 0.494 e. The van der Waals surface area contributed by atoms with Gasteiger partial charge >= 0.3 is 0 Å².